The van der Waals surface area contributed by atoms with E-state index < -0.39 is 0 Å². The standard InChI is InChI=1S/C28H44N4OS/c1-6-7-13-23-29-26(25-21-11-9-8-10-12-22(21)34-27(25)30-23)32-16-14-31(15-17-32)24(33)18-20(2)19-28(3,4)5/h20H,6-19H2,1-5H3. The Hall–Kier alpha value is -1.69. The van der Waals surface area contributed by atoms with Crippen LogP contribution in [0.25, 0.3) is 10.2 Å². The number of carbonyl (C=O) groups excluding carboxylic acids is 1. The lowest BCUT2D eigenvalue weighted by atomic mass is 9.84. The van der Waals surface area contributed by atoms with Crippen molar-refractivity contribution < 1.29 is 4.79 Å². The highest BCUT2D eigenvalue weighted by atomic mass is 32.1. The lowest BCUT2D eigenvalue weighted by molar-refractivity contribution is -0.132. The van der Waals surface area contributed by atoms with Gasteiger partial charge >= 0.3 is 0 Å². The topological polar surface area (TPSA) is 49.3 Å². The summed E-state index contributed by atoms with van der Waals surface area (Å²) in [4.78, 5) is 30.4. The highest BCUT2D eigenvalue weighted by Crippen LogP contribution is 2.39. The molecule has 6 heteroatoms. The first-order chi connectivity index (χ1) is 16.2. The summed E-state index contributed by atoms with van der Waals surface area (Å²) in [5.41, 5.74) is 1.79. The minimum Gasteiger partial charge on any atom is -0.352 e. The van der Waals surface area contributed by atoms with Crippen LogP contribution in [0.3, 0.4) is 0 Å². The summed E-state index contributed by atoms with van der Waals surface area (Å²) in [6.45, 7) is 14.5. The second-order valence-electron chi connectivity index (χ2n) is 11.8. The molecule has 3 heterocycles. The number of hydrogen-bond donors (Lipinski definition) is 0. The van der Waals surface area contributed by atoms with Gasteiger partial charge in [-0.2, -0.15) is 0 Å². The van der Waals surface area contributed by atoms with Crippen LogP contribution in [0.1, 0.15) is 95.8 Å². The van der Waals surface area contributed by atoms with E-state index in [0.29, 0.717) is 18.2 Å². The molecule has 0 spiro atoms. The molecule has 0 aromatic carbocycles. The molecule has 34 heavy (non-hydrogen) atoms. The van der Waals surface area contributed by atoms with Crippen molar-refractivity contribution in [2.75, 3.05) is 31.1 Å². The lowest BCUT2D eigenvalue weighted by Gasteiger charge is -2.36. The molecule has 188 valence electrons. The molecule has 1 aliphatic carbocycles. The van der Waals surface area contributed by atoms with E-state index in [9.17, 15) is 4.79 Å². The monoisotopic (exact) mass is 484 g/mol. The molecular weight excluding hydrogens is 440 g/mol. The van der Waals surface area contributed by atoms with Gasteiger partial charge in [-0.15, -0.1) is 11.3 Å². The number of hydrogen-bond acceptors (Lipinski definition) is 5. The third-order valence-electron chi connectivity index (χ3n) is 7.26. The fraction of sp³-hybridized carbons (Fsp3) is 0.750. The molecule has 5 nitrogen and oxygen atoms in total. The zero-order valence-electron chi connectivity index (χ0n) is 22.1. The number of aromatic nitrogens is 2. The molecule has 2 aromatic heterocycles. The fourth-order valence-corrected chi connectivity index (χ4v) is 7.02. The molecule has 4 rings (SSSR count). The van der Waals surface area contributed by atoms with Crippen LogP contribution in [0.5, 0.6) is 0 Å². The number of amides is 1. The van der Waals surface area contributed by atoms with Crippen LogP contribution in [-0.2, 0) is 24.1 Å². The van der Waals surface area contributed by atoms with Crippen molar-refractivity contribution in [1.82, 2.24) is 14.9 Å². The second kappa shape index (κ2) is 10.9. The summed E-state index contributed by atoms with van der Waals surface area (Å²) in [5.74, 6) is 2.88. The minimum absolute atomic E-state index is 0.269. The van der Waals surface area contributed by atoms with Gasteiger partial charge < -0.3 is 9.80 Å². The van der Waals surface area contributed by atoms with Gasteiger partial charge in [0.2, 0.25) is 5.91 Å². The van der Waals surface area contributed by atoms with Gasteiger partial charge in [-0.05, 0) is 55.4 Å². The maximum Gasteiger partial charge on any atom is 0.222 e. The Balaban J connectivity index is 1.52. The summed E-state index contributed by atoms with van der Waals surface area (Å²) in [6.07, 6.45) is 11.2. The molecule has 2 aliphatic rings. The number of nitrogens with zero attached hydrogens (tertiary/aromatic N) is 4. The number of rotatable bonds is 7. The Bertz CT molecular complexity index is 984. The molecular formula is C28H44N4OS. The van der Waals surface area contributed by atoms with E-state index in [0.717, 1.165) is 69.9 Å². The summed E-state index contributed by atoms with van der Waals surface area (Å²) in [7, 11) is 0. The van der Waals surface area contributed by atoms with Crippen LogP contribution in [0.15, 0.2) is 0 Å². The molecule has 0 N–H and O–H groups in total. The van der Waals surface area contributed by atoms with Gasteiger partial charge in [-0.1, -0.05) is 47.5 Å². The smallest absolute Gasteiger partial charge is 0.222 e. The van der Waals surface area contributed by atoms with E-state index >= 15 is 0 Å². The van der Waals surface area contributed by atoms with Gasteiger partial charge in [0.15, 0.2) is 0 Å². The van der Waals surface area contributed by atoms with Gasteiger partial charge in [0, 0.05) is 43.9 Å². The Morgan fingerprint density at radius 3 is 2.50 bits per heavy atom. The average molecular weight is 485 g/mol. The molecule has 2 aromatic rings. The van der Waals surface area contributed by atoms with Crippen molar-refractivity contribution in [2.45, 2.75) is 98.8 Å². The van der Waals surface area contributed by atoms with Gasteiger partial charge in [0.1, 0.15) is 16.5 Å². The Kier molecular flexibility index (Phi) is 8.16. The quantitative estimate of drug-likeness (QED) is 0.426. The van der Waals surface area contributed by atoms with Gasteiger partial charge in [0.05, 0.1) is 5.39 Å². The molecule has 1 saturated heterocycles. The van der Waals surface area contributed by atoms with E-state index in [4.69, 9.17) is 9.97 Å². The number of thiophene rings is 1. The van der Waals surface area contributed by atoms with Crippen molar-refractivity contribution in [2.24, 2.45) is 11.3 Å². The normalized spacial score (nSPS) is 18.1. The van der Waals surface area contributed by atoms with Crippen LogP contribution in [0.4, 0.5) is 5.82 Å². The Morgan fingerprint density at radius 2 is 1.79 bits per heavy atom. The first-order valence-electron chi connectivity index (χ1n) is 13.6. The molecule has 1 fully saturated rings. The van der Waals surface area contributed by atoms with Crippen molar-refractivity contribution in [3.05, 3.63) is 16.3 Å². The molecule has 0 bridgehead atoms. The molecule has 0 radical (unpaired) electrons. The van der Waals surface area contributed by atoms with Gasteiger partial charge in [-0.3, -0.25) is 4.79 Å². The van der Waals surface area contributed by atoms with E-state index in [1.54, 1.807) is 0 Å². The molecule has 1 atom stereocenters. The molecule has 1 amide bonds. The lowest BCUT2D eigenvalue weighted by Crippen LogP contribution is -2.49. The summed E-state index contributed by atoms with van der Waals surface area (Å²) in [5, 5.41) is 1.32. The SMILES string of the molecule is CCCCc1nc(N2CCN(C(=O)CC(C)CC(C)(C)C)CC2)c2c3c(sc2n1)CCCCC3. The Morgan fingerprint density at radius 1 is 1.06 bits per heavy atom. The van der Waals surface area contributed by atoms with E-state index in [1.165, 1.54) is 46.3 Å². The second-order valence-corrected chi connectivity index (χ2v) is 12.8. The zero-order valence-corrected chi connectivity index (χ0v) is 22.9. The predicted octanol–water partition coefficient (Wildman–Crippen LogP) is 6.41. The van der Waals surface area contributed by atoms with Crippen molar-refractivity contribution in [3.63, 3.8) is 0 Å². The van der Waals surface area contributed by atoms with Crippen molar-refractivity contribution in [1.29, 1.82) is 0 Å². The van der Waals surface area contributed by atoms with Crippen LogP contribution in [0, 0.1) is 11.3 Å². The largest absolute Gasteiger partial charge is 0.352 e. The number of carbonyl (C=O) groups is 1. The minimum atomic E-state index is 0.269. The molecule has 0 saturated carbocycles. The van der Waals surface area contributed by atoms with E-state index in [2.05, 4.69) is 44.4 Å². The van der Waals surface area contributed by atoms with Crippen LogP contribution in [0.2, 0.25) is 0 Å². The van der Waals surface area contributed by atoms with Crippen LogP contribution < -0.4 is 4.90 Å². The summed E-state index contributed by atoms with van der Waals surface area (Å²) >= 11 is 1.91. The van der Waals surface area contributed by atoms with Gasteiger partial charge in [0.25, 0.3) is 0 Å². The zero-order chi connectivity index (χ0) is 24.3. The fourth-order valence-electron chi connectivity index (χ4n) is 5.75. The summed E-state index contributed by atoms with van der Waals surface area (Å²) < 4.78 is 0. The van der Waals surface area contributed by atoms with Crippen molar-refractivity contribution >= 4 is 33.3 Å². The highest BCUT2D eigenvalue weighted by Gasteiger charge is 2.28. The van der Waals surface area contributed by atoms with Crippen LogP contribution >= 0.6 is 11.3 Å². The van der Waals surface area contributed by atoms with Gasteiger partial charge in [-0.25, -0.2) is 9.97 Å². The first-order valence-corrected chi connectivity index (χ1v) is 14.4. The van der Waals surface area contributed by atoms with Crippen molar-refractivity contribution in [3.8, 4) is 0 Å². The third kappa shape index (κ3) is 6.10. The maximum absolute atomic E-state index is 13.0. The third-order valence-corrected chi connectivity index (χ3v) is 8.45. The summed E-state index contributed by atoms with van der Waals surface area (Å²) in [6, 6.07) is 0. The average Bonchev–Trinajstić information content (AvgIpc) is 2.96. The number of unbranched alkanes of at least 4 members (excludes halogenated alkanes) is 1. The Labute approximate surface area is 210 Å². The molecule has 1 unspecified atom stereocenters. The first kappa shape index (κ1) is 25.4. The maximum atomic E-state index is 13.0. The highest BCUT2D eigenvalue weighted by molar-refractivity contribution is 7.19. The van der Waals surface area contributed by atoms with E-state index in [1.807, 2.05) is 11.3 Å². The van der Waals surface area contributed by atoms with E-state index in [-0.39, 0.29) is 5.41 Å². The number of fused-ring (bicyclic) bond motifs is 3. The molecule has 1 aliphatic heterocycles. The number of piperazine rings is 1. The predicted molar refractivity (Wildman–Crippen MR) is 144 cm³/mol. The van der Waals surface area contributed by atoms with Crippen LogP contribution in [-0.4, -0.2) is 47.0 Å². The number of aryl methyl sites for hydroxylation is 3. The number of anilines is 1.